The predicted molar refractivity (Wildman–Crippen MR) is 266 cm³/mol. The number of hydrogen-bond donors (Lipinski definition) is 2. The summed E-state index contributed by atoms with van der Waals surface area (Å²) in [7, 11) is 1.74. The zero-order valence-electron chi connectivity index (χ0n) is 43.3. The fourth-order valence-corrected chi connectivity index (χ4v) is 11.2. The van der Waals surface area contributed by atoms with Crippen LogP contribution in [-0.2, 0) is 52.2 Å². The number of aliphatic hydroxyl groups excluding tert-OH is 1. The van der Waals surface area contributed by atoms with Gasteiger partial charge in [0.25, 0.3) is 11.7 Å². The number of esters is 1. The predicted octanol–water partition coefficient (Wildman–Crippen LogP) is 8.43. The van der Waals surface area contributed by atoms with E-state index in [0.717, 1.165) is 37.7 Å². The monoisotopic (exact) mass is 987 g/mol. The minimum Gasteiger partial charge on any atom is -0.460 e. The second kappa shape index (κ2) is 28.1. The van der Waals surface area contributed by atoms with E-state index in [1.165, 1.54) is 12.0 Å². The third-order valence-electron chi connectivity index (χ3n) is 15.0. The molecular weight excluding hydrogens is 902 g/mol. The third-order valence-corrected chi connectivity index (χ3v) is 16.0. The number of hydrogen-bond acceptors (Lipinski definition) is 13. The molecule has 2 bridgehead atoms. The highest BCUT2D eigenvalue weighted by atomic mass is 31.1. The van der Waals surface area contributed by atoms with Crippen LogP contribution in [0.4, 0.5) is 0 Å². The molecule has 3 fully saturated rings. The van der Waals surface area contributed by atoms with Gasteiger partial charge in [0.1, 0.15) is 43.0 Å². The summed E-state index contributed by atoms with van der Waals surface area (Å²) in [4.78, 5) is 72.2. The van der Waals surface area contributed by atoms with Gasteiger partial charge in [-0.3, -0.25) is 19.2 Å². The first-order valence-electron chi connectivity index (χ1n) is 25.7. The molecule has 0 aromatic rings. The largest absolute Gasteiger partial charge is 0.460 e. The first-order valence-corrected chi connectivity index (χ1v) is 27.6. The summed E-state index contributed by atoms with van der Waals surface area (Å²) in [6.45, 7) is 15.1. The first-order chi connectivity index (χ1) is 32.7. The van der Waals surface area contributed by atoms with E-state index in [0.29, 0.717) is 63.3 Å². The smallest absolute Gasteiger partial charge is 0.335 e. The Hall–Kier alpha value is -3.23. The maximum atomic E-state index is 14.5. The van der Waals surface area contributed by atoms with Gasteiger partial charge in [0.15, 0.2) is 5.78 Å². The minimum atomic E-state index is -2.42. The quantitative estimate of drug-likeness (QED) is 0.0698. The molecule has 3 heterocycles. The van der Waals surface area contributed by atoms with Crippen molar-refractivity contribution in [1.29, 1.82) is 0 Å². The second-order valence-electron chi connectivity index (χ2n) is 20.8. The average Bonchev–Trinajstić information content (AvgIpc) is 3.31. The standard InChI is InChI=1S/C54H85NO13P/c1-34-18-12-11-13-19-35(2)46(64-8)32-43-24-23-40(7)54(62,68-43)51(59)52(60)55-25-15-14-22-44(55)53(61)67-47(37(4)30-41-20-16-21-42(31-41)66-26-17-27-69(10)63)33-45(56)36(3)29-39(6)49(58)50(65-9)48(57)38(5)28-34/h11-13,18-19,29,34,36-38,40-44,46-47,49-50,58,62H,14-17,20-28,30-33H2,1-10H3/q+1/b13-11?,18-12+,35-19?,39-29+/t34-,36-,37-,38-,40-,41+,42?,43+,44?,46+,47+,49-,50+,54-/m1/s1. The minimum absolute atomic E-state index is 0.0209. The number of rotatable bonds is 10. The number of aliphatic hydroxyl groups is 2. The number of nitrogens with zero attached hydrogens (tertiary/aromatic N) is 1. The molecule has 1 amide bonds. The number of allylic oxidation sites excluding steroid dienone is 6. The van der Waals surface area contributed by atoms with E-state index in [4.69, 9.17) is 23.7 Å². The lowest BCUT2D eigenvalue weighted by molar-refractivity contribution is -0.265. The normalized spacial score (nSPS) is 36.7. The first kappa shape index (κ1) is 58.3. The van der Waals surface area contributed by atoms with Gasteiger partial charge >= 0.3 is 13.8 Å². The summed E-state index contributed by atoms with van der Waals surface area (Å²) in [5.41, 5.74) is 1.28. The van der Waals surface area contributed by atoms with E-state index in [1.807, 2.05) is 58.1 Å². The second-order valence-corrected chi connectivity index (χ2v) is 22.5. The van der Waals surface area contributed by atoms with Crippen molar-refractivity contribution >= 4 is 37.0 Å². The Labute approximate surface area is 413 Å². The highest BCUT2D eigenvalue weighted by Crippen LogP contribution is 2.38. The van der Waals surface area contributed by atoms with Crippen LogP contribution in [0.25, 0.3) is 0 Å². The van der Waals surface area contributed by atoms with E-state index in [2.05, 4.69) is 0 Å². The van der Waals surface area contributed by atoms with Crippen molar-refractivity contribution in [3.63, 3.8) is 0 Å². The van der Waals surface area contributed by atoms with Crippen molar-refractivity contribution in [1.82, 2.24) is 4.90 Å². The van der Waals surface area contributed by atoms with E-state index < -0.39 is 85.6 Å². The number of methoxy groups -OCH3 is 2. The van der Waals surface area contributed by atoms with Gasteiger partial charge in [-0.15, -0.1) is 0 Å². The lowest BCUT2D eigenvalue weighted by Gasteiger charge is -2.42. The number of fused-ring (bicyclic) bond motifs is 3. The summed E-state index contributed by atoms with van der Waals surface area (Å²) >= 11 is 0. The maximum absolute atomic E-state index is 14.5. The van der Waals surface area contributed by atoms with Crippen LogP contribution in [0.3, 0.4) is 0 Å². The third kappa shape index (κ3) is 16.9. The molecule has 388 valence electrons. The van der Waals surface area contributed by atoms with Gasteiger partial charge in [-0.25, -0.2) is 4.79 Å². The Morgan fingerprint density at radius 1 is 0.899 bits per heavy atom. The van der Waals surface area contributed by atoms with Gasteiger partial charge in [-0.2, -0.15) is 0 Å². The Bertz CT molecular complexity index is 1880. The van der Waals surface area contributed by atoms with Crippen LogP contribution in [0, 0.1) is 35.5 Å². The van der Waals surface area contributed by atoms with Crippen molar-refractivity contribution < 1.29 is 62.4 Å². The van der Waals surface area contributed by atoms with Gasteiger partial charge in [-0.1, -0.05) is 88.5 Å². The number of Topliss-reactive ketones (excluding diaryl/α,β-unsaturated/α-hetero) is 3. The lowest BCUT2D eigenvalue weighted by Crippen LogP contribution is -2.61. The Morgan fingerprint density at radius 2 is 1.64 bits per heavy atom. The van der Waals surface area contributed by atoms with Crippen LogP contribution in [0.15, 0.2) is 47.6 Å². The molecule has 0 aromatic carbocycles. The van der Waals surface area contributed by atoms with E-state index in [1.54, 1.807) is 40.6 Å². The molecule has 69 heavy (non-hydrogen) atoms. The van der Waals surface area contributed by atoms with Crippen molar-refractivity contribution in [3.8, 4) is 0 Å². The molecule has 3 aliphatic heterocycles. The fraction of sp³-hybridized carbons (Fsp3) is 0.759. The van der Waals surface area contributed by atoms with Crippen LogP contribution in [-0.4, -0.2) is 133 Å². The van der Waals surface area contributed by atoms with Gasteiger partial charge < -0.3 is 38.8 Å². The molecule has 0 radical (unpaired) electrons. The summed E-state index contributed by atoms with van der Waals surface area (Å²) in [6, 6.07) is -1.13. The molecule has 1 saturated carbocycles. The number of ketones is 3. The van der Waals surface area contributed by atoms with Crippen LogP contribution in [0.2, 0.25) is 0 Å². The Balaban J connectivity index is 1.68. The SMILES string of the molecule is CO[C@H]1C[C@@H]2CC[C@@H](C)[C@@](O)(O2)C(=O)C(=O)N2CCCCC2C(=O)O[C@H]([C@H](C)C[C@@H]2CCCC(OCCC[P+](C)=O)C2)CC(=O)[C@H](C)/C=C(\C)[C@@H](O)[C@@H](OC)C(=O)[C@H](C)C[C@H](C)/C=C/C=CC=C1C. The highest BCUT2D eigenvalue weighted by molar-refractivity contribution is 7.43. The van der Waals surface area contributed by atoms with Crippen molar-refractivity contribution in [2.45, 2.75) is 187 Å². The van der Waals surface area contributed by atoms with Crippen molar-refractivity contribution in [3.05, 3.63) is 47.6 Å². The molecule has 4 aliphatic rings. The molecule has 2 N–H and O–H groups in total. The zero-order valence-corrected chi connectivity index (χ0v) is 44.2. The number of piperidine rings is 1. The van der Waals surface area contributed by atoms with Crippen molar-refractivity contribution in [2.75, 3.05) is 40.2 Å². The van der Waals surface area contributed by atoms with Gasteiger partial charge in [-0.05, 0) is 101 Å². The highest BCUT2D eigenvalue weighted by Gasteiger charge is 2.53. The Kier molecular flexibility index (Phi) is 23.8. The molecule has 2 saturated heterocycles. The lowest BCUT2D eigenvalue weighted by atomic mass is 9.79. The van der Waals surface area contributed by atoms with Gasteiger partial charge in [0.2, 0.25) is 5.79 Å². The molecule has 15 heteroatoms. The zero-order chi connectivity index (χ0) is 51.0. The number of carbonyl (C=O) groups excluding carboxylic acids is 5. The fourth-order valence-electron chi connectivity index (χ4n) is 10.6. The summed E-state index contributed by atoms with van der Waals surface area (Å²) in [6.07, 6.45) is 15.5. The van der Waals surface area contributed by atoms with Crippen molar-refractivity contribution in [2.24, 2.45) is 35.5 Å². The number of amides is 1. The van der Waals surface area contributed by atoms with Crippen LogP contribution < -0.4 is 0 Å². The molecule has 1 aliphatic carbocycles. The average molecular weight is 987 g/mol. The van der Waals surface area contributed by atoms with E-state index in [9.17, 15) is 38.8 Å². The maximum Gasteiger partial charge on any atom is 0.335 e. The number of carbonyl (C=O) groups is 5. The van der Waals surface area contributed by atoms with E-state index >= 15 is 0 Å². The van der Waals surface area contributed by atoms with Gasteiger partial charge in [0.05, 0.1) is 24.9 Å². The molecular formula is C54H85NO13P+. The Morgan fingerprint density at radius 3 is 2.33 bits per heavy atom. The molecule has 3 unspecified atom stereocenters. The van der Waals surface area contributed by atoms with Crippen LogP contribution >= 0.6 is 7.80 Å². The van der Waals surface area contributed by atoms with Gasteiger partial charge in [0, 0.05) is 57.8 Å². The molecule has 0 spiro atoms. The molecule has 14 nitrogen and oxygen atoms in total. The van der Waals surface area contributed by atoms with Crippen LogP contribution in [0.1, 0.15) is 138 Å². The van der Waals surface area contributed by atoms with Crippen LogP contribution in [0.5, 0.6) is 0 Å². The molecule has 0 aromatic heterocycles. The topological polar surface area (TPSA) is 192 Å². The summed E-state index contributed by atoms with van der Waals surface area (Å²) < 4.78 is 41.8. The molecule has 4 rings (SSSR count). The molecule has 15 atom stereocenters. The number of ether oxygens (including phenoxy) is 5. The van der Waals surface area contributed by atoms with E-state index in [-0.39, 0.29) is 54.8 Å². The summed E-state index contributed by atoms with van der Waals surface area (Å²) in [5, 5.41) is 23.5. The summed E-state index contributed by atoms with van der Waals surface area (Å²) in [5.74, 6) is -7.70. The number of cyclic esters (lactones) is 1.